The molecule has 2 heterocycles. The Morgan fingerprint density at radius 1 is 1.30 bits per heavy atom. The van der Waals surface area contributed by atoms with Gasteiger partial charge in [-0.05, 0) is 13.8 Å². The Morgan fingerprint density at radius 3 is 2.65 bits per heavy atom. The van der Waals surface area contributed by atoms with Crippen LogP contribution < -0.4 is 14.8 Å². The molecule has 0 aromatic carbocycles. The van der Waals surface area contributed by atoms with Crippen LogP contribution in [0.1, 0.15) is 24.5 Å². The van der Waals surface area contributed by atoms with E-state index in [9.17, 15) is 4.79 Å². The minimum Gasteiger partial charge on any atom is -0.467 e. The van der Waals surface area contributed by atoms with Crippen molar-refractivity contribution in [3.05, 3.63) is 17.4 Å². The zero-order valence-corrected chi connectivity index (χ0v) is 12.0. The maximum absolute atomic E-state index is 12.0. The average molecular weight is 295 g/mol. The second kappa shape index (κ2) is 6.24. The van der Waals surface area contributed by atoms with Crippen LogP contribution in [0.25, 0.3) is 0 Å². The molecular formula is C11H13N5O3S. The van der Waals surface area contributed by atoms with Crippen LogP contribution in [0.4, 0.5) is 5.13 Å². The molecule has 0 atom stereocenters. The molecule has 2 rings (SSSR count). The predicted molar refractivity (Wildman–Crippen MR) is 72.2 cm³/mol. The molecule has 0 saturated heterocycles. The van der Waals surface area contributed by atoms with Gasteiger partial charge in [0.25, 0.3) is 5.91 Å². The van der Waals surface area contributed by atoms with Crippen LogP contribution in [-0.2, 0) is 0 Å². The summed E-state index contributed by atoms with van der Waals surface area (Å²) in [7, 11) is 1.40. The number of thiazole rings is 1. The number of nitrogens with zero attached hydrogens (tertiary/aromatic N) is 4. The number of carbonyl (C=O) groups is 1. The van der Waals surface area contributed by atoms with Crippen LogP contribution in [0.5, 0.6) is 12.0 Å². The van der Waals surface area contributed by atoms with E-state index in [1.807, 2.05) is 13.8 Å². The van der Waals surface area contributed by atoms with Crippen molar-refractivity contribution in [3.8, 4) is 12.0 Å². The number of nitrogens with one attached hydrogen (secondary N) is 1. The number of aromatic nitrogens is 4. The van der Waals surface area contributed by atoms with E-state index in [1.54, 1.807) is 11.6 Å². The number of methoxy groups -OCH3 is 1. The van der Waals surface area contributed by atoms with Gasteiger partial charge in [0.15, 0.2) is 5.13 Å². The van der Waals surface area contributed by atoms with Crippen LogP contribution in [0.3, 0.4) is 0 Å². The summed E-state index contributed by atoms with van der Waals surface area (Å²) < 4.78 is 10.3. The number of hydrogen-bond acceptors (Lipinski definition) is 8. The van der Waals surface area contributed by atoms with E-state index in [0.29, 0.717) is 5.13 Å². The number of rotatable bonds is 5. The molecular weight excluding hydrogens is 282 g/mol. The monoisotopic (exact) mass is 295 g/mol. The second-order valence-corrected chi connectivity index (χ2v) is 4.78. The Labute approximate surface area is 119 Å². The Hall–Kier alpha value is -2.29. The van der Waals surface area contributed by atoms with E-state index in [2.05, 4.69) is 25.3 Å². The molecule has 1 N–H and O–H groups in total. The van der Waals surface area contributed by atoms with Crippen molar-refractivity contribution in [2.24, 2.45) is 0 Å². The Morgan fingerprint density at radius 2 is 2.05 bits per heavy atom. The summed E-state index contributed by atoms with van der Waals surface area (Å²) in [6.07, 6.45) is 1.46. The molecule has 8 nitrogen and oxygen atoms in total. The van der Waals surface area contributed by atoms with E-state index >= 15 is 0 Å². The van der Waals surface area contributed by atoms with Crippen molar-refractivity contribution in [2.45, 2.75) is 20.0 Å². The Balaban J connectivity index is 2.23. The molecule has 0 saturated carbocycles. The number of hydrogen-bond donors (Lipinski definition) is 1. The summed E-state index contributed by atoms with van der Waals surface area (Å²) in [5, 5.41) is 4.78. The van der Waals surface area contributed by atoms with Gasteiger partial charge in [-0.3, -0.25) is 10.1 Å². The summed E-state index contributed by atoms with van der Waals surface area (Å²) in [4.78, 5) is 27.7. The van der Waals surface area contributed by atoms with E-state index < -0.39 is 5.91 Å². The van der Waals surface area contributed by atoms with Crippen molar-refractivity contribution in [2.75, 3.05) is 12.4 Å². The summed E-state index contributed by atoms with van der Waals surface area (Å²) in [5.74, 6) is -0.600. The predicted octanol–water partition coefficient (Wildman–Crippen LogP) is 1.38. The van der Waals surface area contributed by atoms with Crippen LogP contribution in [0, 0.1) is 0 Å². The van der Waals surface area contributed by atoms with Gasteiger partial charge >= 0.3 is 12.0 Å². The van der Waals surface area contributed by atoms with Crippen LogP contribution in [-0.4, -0.2) is 39.1 Å². The topological polar surface area (TPSA) is 99.1 Å². The highest BCUT2D eigenvalue weighted by Crippen LogP contribution is 2.14. The van der Waals surface area contributed by atoms with Gasteiger partial charge in [0.05, 0.1) is 13.2 Å². The molecule has 2 aromatic heterocycles. The zero-order valence-electron chi connectivity index (χ0n) is 11.2. The SMILES string of the molecule is COc1nc(OC(C)C)nc(C(=O)Nc2nccs2)n1. The van der Waals surface area contributed by atoms with Crippen LogP contribution in [0.2, 0.25) is 0 Å². The fourth-order valence-electron chi connectivity index (χ4n) is 1.23. The number of carbonyl (C=O) groups excluding carboxylic acids is 1. The first-order valence-corrected chi connectivity index (χ1v) is 6.64. The lowest BCUT2D eigenvalue weighted by molar-refractivity contribution is 0.101. The summed E-state index contributed by atoms with van der Waals surface area (Å²) in [5.41, 5.74) is 0. The normalized spacial score (nSPS) is 10.4. The standard InChI is InChI=1S/C11H13N5O3S/c1-6(2)19-10-14-7(13-9(16-10)18-3)8(17)15-11-12-4-5-20-11/h4-6H,1-3H3,(H,12,15,17). The first-order chi connectivity index (χ1) is 9.58. The maximum Gasteiger partial charge on any atom is 0.323 e. The molecule has 2 aromatic rings. The Kier molecular flexibility index (Phi) is 4.41. The van der Waals surface area contributed by atoms with Crippen molar-refractivity contribution < 1.29 is 14.3 Å². The third-order valence-electron chi connectivity index (χ3n) is 1.97. The van der Waals surface area contributed by atoms with Crippen molar-refractivity contribution in [3.63, 3.8) is 0 Å². The molecule has 9 heteroatoms. The maximum atomic E-state index is 12.0. The zero-order chi connectivity index (χ0) is 14.5. The third kappa shape index (κ3) is 3.60. The molecule has 0 unspecified atom stereocenters. The lowest BCUT2D eigenvalue weighted by atomic mass is 10.5. The fourth-order valence-corrected chi connectivity index (χ4v) is 1.76. The van der Waals surface area contributed by atoms with Gasteiger partial charge in [0.1, 0.15) is 0 Å². The van der Waals surface area contributed by atoms with Gasteiger partial charge in [-0.1, -0.05) is 0 Å². The molecule has 1 amide bonds. The molecule has 0 bridgehead atoms. The smallest absolute Gasteiger partial charge is 0.323 e. The van der Waals surface area contributed by atoms with Crippen molar-refractivity contribution in [1.82, 2.24) is 19.9 Å². The van der Waals surface area contributed by atoms with E-state index in [-0.39, 0.29) is 23.9 Å². The van der Waals surface area contributed by atoms with Gasteiger partial charge < -0.3 is 9.47 Å². The van der Waals surface area contributed by atoms with Gasteiger partial charge in [-0.25, -0.2) is 4.98 Å². The minimum absolute atomic E-state index is 0.0138. The van der Waals surface area contributed by atoms with Crippen molar-refractivity contribution in [1.29, 1.82) is 0 Å². The molecule has 0 fully saturated rings. The number of anilines is 1. The largest absolute Gasteiger partial charge is 0.467 e. The average Bonchev–Trinajstić information content (AvgIpc) is 2.90. The summed E-state index contributed by atoms with van der Waals surface area (Å²) in [6.45, 7) is 3.65. The van der Waals surface area contributed by atoms with E-state index in [0.717, 1.165) is 0 Å². The van der Waals surface area contributed by atoms with Gasteiger partial charge in [0, 0.05) is 11.6 Å². The summed E-state index contributed by atoms with van der Waals surface area (Å²) >= 11 is 1.29. The summed E-state index contributed by atoms with van der Waals surface area (Å²) in [6, 6.07) is 0.0519. The fraction of sp³-hybridized carbons (Fsp3) is 0.364. The van der Waals surface area contributed by atoms with Crippen molar-refractivity contribution >= 4 is 22.4 Å². The first-order valence-electron chi connectivity index (χ1n) is 5.76. The molecule has 0 aliphatic rings. The quantitative estimate of drug-likeness (QED) is 0.889. The van der Waals surface area contributed by atoms with E-state index in [4.69, 9.17) is 9.47 Å². The number of amides is 1. The Bertz CT molecular complexity index is 588. The van der Waals surface area contributed by atoms with Gasteiger partial charge in [-0.2, -0.15) is 9.97 Å². The van der Waals surface area contributed by atoms with Gasteiger partial charge in [-0.15, -0.1) is 16.3 Å². The minimum atomic E-state index is -0.505. The van der Waals surface area contributed by atoms with E-state index in [1.165, 1.54) is 18.4 Å². The molecule has 20 heavy (non-hydrogen) atoms. The highest BCUT2D eigenvalue weighted by Gasteiger charge is 2.16. The molecule has 0 radical (unpaired) electrons. The molecule has 106 valence electrons. The highest BCUT2D eigenvalue weighted by atomic mass is 32.1. The molecule has 0 aliphatic carbocycles. The molecule has 0 spiro atoms. The lowest BCUT2D eigenvalue weighted by Gasteiger charge is -2.09. The second-order valence-electron chi connectivity index (χ2n) is 3.89. The van der Waals surface area contributed by atoms with Crippen LogP contribution >= 0.6 is 11.3 Å². The lowest BCUT2D eigenvalue weighted by Crippen LogP contribution is -2.18. The molecule has 0 aliphatic heterocycles. The first kappa shape index (κ1) is 14.1. The number of ether oxygens (including phenoxy) is 2. The van der Waals surface area contributed by atoms with Gasteiger partial charge in [0.2, 0.25) is 5.82 Å². The highest BCUT2D eigenvalue weighted by molar-refractivity contribution is 7.13. The third-order valence-corrected chi connectivity index (χ3v) is 2.66. The van der Waals surface area contributed by atoms with Crippen LogP contribution in [0.15, 0.2) is 11.6 Å².